The van der Waals surface area contributed by atoms with Crippen LogP contribution in [0.5, 0.6) is 0 Å². The fraction of sp³-hybridized carbons (Fsp3) is 0.536. The van der Waals surface area contributed by atoms with Crippen LogP contribution in [0.1, 0.15) is 80.0 Å². The summed E-state index contributed by atoms with van der Waals surface area (Å²) in [7, 11) is 0. The molecule has 0 spiro atoms. The molecule has 180 valence electrons. The number of likely N-dealkylation sites (tertiary alicyclic amines) is 1. The zero-order valence-corrected chi connectivity index (χ0v) is 21.5. The number of rotatable bonds is 3. The maximum absolute atomic E-state index is 13.3. The van der Waals surface area contributed by atoms with E-state index in [4.69, 9.17) is 4.99 Å². The summed E-state index contributed by atoms with van der Waals surface area (Å²) in [5, 5.41) is 0.929. The van der Waals surface area contributed by atoms with Gasteiger partial charge in [-0.1, -0.05) is 45.0 Å². The topological polar surface area (TPSA) is 53.0 Å². The second-order valence-electron chi connectivity index (χ2n) is 10.8. The van der Waals surface area contributed by atoms with Crippen LogP contribution in [0.3, 0.4) is 0 Å². The Bertz CT molecular complexity index is 1120. The van der Waals surface area contributed by atoms with Gasteiger partial charge in [0.15, 0.2) is 0 Å². The van der Waals surface area contributed by atoms with Crippen LogP contribution >= 0.6 is 11.3 Å². The summed E-state index contributed by atoms with van der Waals surface area (Å²) in [6, 6.07) is 8.66. The molecule has 34 heavy (non-hydrogen) atoms. The number of amides is 2. The summed E-state index contributed by atoms with van der Waals surface area (Å²) in [5.41, 5.74) is 5.77. The smallest absolute Gasteiger partial charge is 0.249 e. The number of fused-ring (bicyclic) bond motifs is 3. The molecule has 2 amide bonds. The molecule has 1 aliphatic carbocycles. The number of carbonyl (C=O) groups excluding carboxylic acids is 2. The van der Waals surface area contributed by atoms with Crippen LogP contribution in [0.2, 0.25) is 0 Å². The molecule has 0 saturated carbocycles. The third-order valence-electron chi connectivity index (χ3n) is 7.33. The monoisotopic (exact) mass is 477 g/mol. The number of aliphatic imine (C=N–C) groups is 1. The Balaban J connectivity index is 1.54. The zero-order valence-electron chi connectivity index (χ0n) is 20.7. The van der Waals surface area contributed by atoms with Crippen molar-refractivity contribution in [3.63, 3.8) is 0 Å². The Labute approximate surface area is 206 Å². The Kier molecular flexibility index (Phi) is 6.36. The van der Waals surface area contributed by atoms with Crippen LogP contribution in [0.15, 0.2) is 29.3 Å². The fourth-order valence-electron chi connectivity index (χ4n) is 5.31. The van der Waals surface area contributed by atoms with E-state index < -0.39 is 0 Å². The predicted octanol–water partition coefficient (Wildman–Crippen LogP) is 5.12. The van der Waals surface area contributed by atoms with E-state index in [1.807, 2.05) is 4.90 Å². The van der Waals surface area contributed by atoms with Crippen LogP contribution in [-0.2, 0) is 27.8 Å². The Morgan fingerprint density at radius 3 is 2.41 bits per heavy atom. The Morgan fingerprint density at radius 1 is 1.00 bits per heavy atom. The second kappa shape index (κ2) is 9.29. The van der Waals surface area contributed by atoms with Crippen molar-refractivity contribution in [1.82, 2.24) is 4.90 Å². The largest absolute Gasteiger partial charge is 0.341 e. The van der Waals surface area contributed by atoms with Crippen molar-refractivity contribution >= 4 is 33.9 Å². The van der Waals surface area contributed by atoms with Gasteiger partial charge in [-0.2, -0.15) is 0 Å². The third-order valence-corrected chi connectivity index (χ3v) is 8.65. The molecule has 5 nitrogen and oxygen atoms in total. The molecule has 1 aromatic heterocycles. The SMILES string of the molecule is CC(C)(C)c1ccc(C2=NCC(=O)N(CC(=O)N3CCCCC3)c3sc4c(c32)CCCC4)cc1. The van der Waals surface area contributed by atoms with Crippen molar-refractivity contribution in [2.75, 3.05) is 31.1 Å². The molecule has 5 rings (SSSR count). The maximum atomic E-state index is 13.3. The minimum absolute atomic E-state index is 0.0587. The predicted molar refractivity (Wildman–Crippen MR) is 139 cm³/mol. The zero-order chi connectivity index (χ0) is 23.9. The van der Waals surface area contributed by atoms with E-state index >= 15 is 0 Å². The summed E-state index contributed by atoms with van der Waals surface area (Å²) in [4.78, 5) is 36.4. The molecule has 3 heterocycles. The number of hydrogen-bond donors (Lipinski definition) is 0. The van der Waals surface area contributed by atoms with Gasteiger partial charge in [0.1, 0.15) is 18.1 Å². The van der Waals surface area contributed by atoms with Crippen molar-refractivity contribution in [3.8, 4) is 0 Å². The molecule has 0 unspecified atom stereocenters. The molecule has 1 aromatic carbocycles. The Hall–Kier alpha value is -2.47. The molecule has 0 N–H and O–H groups in total. The maximum Gasteiger partial charge on any atom is 0.249 e. The van der Waals surface area contributed by atoms with E-state index in [1.54, 1.807) is 16.2 Å². The number of hydrogen-bond acceptors (Lipinski definition) is 4. The van der Waals surface area contributed by atoms with Gasteiger partial charge in [0.2, 0.25) is 11.8 Å². The van der Waals surface area contributed by atoms with Gasteiger partial charge in [0.25, 0.3) is 0 Å². The van der Waals surface area contributed by atoms with Crippen LogP contribution < -0.4 is 4.90 Å². The number of carbonyl (C=O) groups is 2. The lowest BCUT2D eigenvalue weighted by Gasteiger charge is -2.29. The number of thiophene rings is 1. The van der Waals surface area contributed by atoms with Gasteiger partial charge in [-0.05, 0) is 61.5 Å². The highest BCUT2D eigenvalue weighted by atomic mass is 32.1. The highest BCUT2D eigenvalue weighted by Crippen LogP contribution is 2.43. The molecular formula is C28H35N3O2S. The fourth-order valence-corrected chi connectivity index (χ4v) is 6.72. The molecule has 0 atom stereocenters. The van der Waals surface area contributed by atoms with Crippen molar-refractivity contribution in [3.05, 3.63) is 51.4 Å². The molecular weight excluding hydrogens is 442 g/mol. The second-order valence-corrected chi connectivity index (χ2v) is 11.9. The molecule has 3 aliphatic rings. The van der Waals surface area contributed by atoms with Crippen LogP contribution in [0, 0.1) is 0 Å². The van der Waals surface area contributed by atoms with Crippen LogP contribution in [-0.4, -0.2) is 48.6 Å². The standard InChI is InChI=1S/C28H35N3O2S/c1-28(2,3)20-13-11-19(12-14-20)26-25-21-9-5-6-10-22(21)34-27(25)31(23(32)17-29-26)18-24(33)30-15-7-4-8-16-30/h11-14H,4-10,15-18H2,1-3H3. The van der Waals surface area contributed by atoms with Crippen LogP contribution in [0.25, 0.3) is 0 Å². The average molecular weight is 478 g/mol. The number of benzene rings is 1. The summed E-state index contributed by atoms with van der Waals surface area (Å²) in [6.45, 7) is 8.46. The van der Waals surface area contributed by atoms with E-state index in [0.29, 0.717) is 0 Å². The van der Waals surface area contributed by atoms with E-state index in [1.165, 1.54) is 28.8 Å². The van der Waals surface area contributed by atoms with Gasteiger partial charge in [0, 0.05) is 29.1 Å². The van der Waals surface area contributed by atoms with E-state index in [2.05, 4.69) is 45.0 Å². The molecule has 0 radical (unpaired) electrons. The summed E-state index contributed by atoms with van der Waals surface area (Å²) in [6.07, 6.45) is 7.69. The first-order chi connectivity index (χ1) is 16.3. The first-order valence-corrected chi connectivity index (χ1v) is 13.5. The van der Waals surface area contributed by atoms with E-state index in [9.17, 15) is 9.59 Å². The lowest BCUT2D eigenvalue weighted by atomic mass is 9.85. The number of nitrogens with zero attached hydrogens (tertiary/aromatic N) is 3. The molecule has 6 heteroatoms. The van der Waals surface area contributed by atoms with Gasteiger partial charge >= 0.3 is 0 Å². The minimum atomic E-state index is -0.0773. The lowest BCUT2D eigenvalue weighted by molar-refractivity contribution is -0.132. The number of aryl methyl sites for hydroxylation is 1. The minimum Gasteiger partial charge on any atom is -0.341 e. The van der Waals surface area contributed by atoms with Crippen molar-refractivity contribution in [1.29, 1.82) is 0 Å². The summed E-state index contributed by atoms with van der Waals surface area (Å²) in [5.74, 6) is -0.0186. The van der Waals surface area contributed by atoms with E-state index in [0.717, 1.165) is 67.0 Å². The molecule has 1 saturated heterocycles. The number of piperidine rings is 1. The molecule has 1 fully saturated rings. The van der Waals surface area contributed by atoms with Gasteiger partial charge in [-0.15, -0.1) is 11.3 Å². The van der Waals surface area contributed by atoms with Crippen LogP contribution in [0.4, 0.5) is 5.00 Å². The first kappa shape index (κ1) is 23.3. The van der Waals surface area contributed by atoms with Gasteiger partial charge in [0.05, 0.1) is 5.71 Å². The molecule has 0 bridgehead atoms. The van der Waals surface area contributed by atoms with Gasteiger partial charge < -0.3 is 4.90 Å². The average Bonchev–Trinajstić information content (AvgIpc) is 3.15. The summed E-state index contributed by atoms with van der Waals surface area (Å²) < 4.78 is 0. The third kappa shape index (κ3) is 4.45. The molecule has 2 aromatic rings. The lowest BCUT2D eigenvalue weighted by Crippen LogP contribution is -2.45. The summed E-state index contributed by atoms with van der Waals surface area (Å²) >= 11 is 1.71. The molecule has 2 aliphatic heterocycles. The first-order valence-electron chi connectivity index (χ1n) is 12.7. The van der Waals surface area contributed by atoms with Crippen molar-refractivity contribution < 1.29 is 9.59 Å². The quantitative estimate of drug-likeness (QED) is 0.616. The number of anilines is 1. The van der Waals surface area contributed by atoms with E-state index in [-0.39, 0.29) is 30.3 Å². The van der Waals surface area contributed by atoms with Crippen molar-refractivity contribution in [2.24, 2.45) is 4.99 Å². The normalized spacial score (nSPS) is 18.8. The highest BCUT2D eigenvalue weighted by Gasteiger charge is 2.34. The van der Waals surface area contributed by atoms with Gasteiger partial charge in [-0.25, -0.2) is 0 Å². The highest BCUT2D eigenvalue weighted by molar-refractivity contribution is 7.17. The van der Waals surface area contributed by atoms with Gasteiger partial charge in [-0.3, -0.25) is 19.5 Å². The van der Waals surface area contributed by atoms with Crippen molar-refractivity contribution in [2.45, 2.75) is 71.1 Å². The Morgan fingerprint density at radius 2 is 1.71 bits per heavy atom.